The lowest BCUT2D eigenvalue weighted by molar-refractivity contribution is -0.138. The first kappa shape index (κ1) is 9.98. The number of carbonyl (C=O) groups excluding carboxylic acids is 1. The molecular formula is C8H9BrN2O2. The summed E-state index contributed by atoms with van der Waals surface area (Å²) < 4.78 is 5.33. The highest BCUT2D eigenvalue weighted by Crippen LogP contribution is 2.12. The van der Waals surface area contributed by atoms with Gasteiger partial charge in [-0.05, 0) is 22.0 Å². The monoisotopic (exact) mass is 244 g/mol. The van der Waals surface area contributed by atoms with E-state index in [1.54, 1.807) is 12.4 Å². The number of carbonyl (C=O) groups is 1. The normalized spacial score (nSPS) is 9.38. The third-order valence-electron chi connectivity index (χ3n) is 1.37. The molecule has 0 aliphatic carbocycles. The Morgan fingerprint density at radius 1 is 1.69 bits per heavy atom. The third-order valence-corrected chi connectivity index (χ3v) is 1.80. The molecule has 0 spiro atoms. The van der Waals surface area contributed by atoms with Gasteiger partial charge in [0.05, 0.1) is 19.0 Å². The average Bonchev–Trinajstić information content (AvgIpc) is 2.14. The lowest BCUT2D eigenvalue weighted by Crippen LogP contribution is -2.14. The number of esters is 1. The molecule has 0 saturated heterocycles. The molecule has 70 valence electrons. The van der Waals surface area contributed by atoms with Gasteiger partial charge in [0, 0.05) is 10.7 Å². The van der Waals surface area contributed by atoms with Crippen molar-refractivity contribution >= 4 is 27.6 Å². The van der Waals surface area contributed by atoms with E-state index in [1.165, 1.54) is 7.11 Å². The Kier molecular flexibility index (Phi) is 3.70. The number of methoxy groups -OCH3 is 1. The molecule has 1 aromatic heterocycles. The number of nitrogens with one attached hydrogen (secondary N) is 1. The number of anilines is 1. The van der Waals surface area contributed by atoms with Crippen molar-refractivity contribution in [2.24, 2.45) is 0 Å². The van der Waals surface area contributed by atoms with E-state index in [2.05, 4.69) is 31.0 Å². The lowest BCUT2D eigenvalue weighted by atomic mass is 10.4. The summed E-state index contributed by atoms with van der Waals surface area (Å²) in [5.41, 5.74) is 0.778. The Morgan fingerprint density at radius 3 is 3.08 bits per heavy atom. The predicted octanol–water partition coefficient (Wildman–Crippen LogP) is 1.43. The minimum Gasteiger partial charge on any atom is -0.468 e. The third kappa shape index (κ3) is 3.42. The Bertz CT molecular complexity index is 304. The summed E-state index contributed by atoms with van der Waals surface area (Å²) in [5, 5.41) is 2.87. The fraction of sp³-hybridized carbons (Fsp3) is 0.250. The van der Waals surface area contributed by atoms with Gasteiger partial charge < -0.3 is 10.1 Å². The van der Waals surface area contributed by atoms with Gasteiger partial charge in [0.25, 0.3) is 0 Å². The minimum atomic E-state index is -0.306. The van der Waals surface area contributed by atoms with E-state index in [-0.39, 0.29) is 12.5 Å². The quantitative estimate of drug-likeness (QED) is 0.818. The lowest BCUT2D eigenvalue weighted by Gasteiger charge is -2.03. The van der Waals surface area contributed by atoms with E-state index >= 15 is 0 Å². The van der Waals surface area contributed by atoms with Crippen molar-refractivity contribution in [3.05, 3.63) is 22.9 Å². The fourth-order valence-corrected chi connectivity index (χ4v) is 1.12. The molecule has 1 N–H and O–H groups in total. The maximum atomic E-state index is 10.8. The van der Waals surface area contributed by atoms with Crippen molar-refractivity contribution in [3.63, 3.8) is 0 Å². The number of pyridine rings is 1. The second-order valence-corrected chi connectivity index (χ2v) is 3.24. The van der Waals surface area contributed by atoms with Gasteiger partial charge in [-0.15, -0.1) is 0 Å². The largest absolute Gasteiger partial charge is 0.468 e. The molecule has 1 aromatic rings. The molecule has 0 unspecified atom stereocenters. The number of hydrogen-bond acceptors (Lipinski definition) is 4. The van der Waals surface area contributed by atoms with Crippen LogP contribution in [0.2, 0.25) is 0 Å². The van der Waals surface area contributed by atoms with E-state index in [1.807, 2.05) is 6.07 Å². The first-order valence-electron chi connectivity index (χ1n) is 3.63. The molecule has 0 aromatic carbocycles. The van der Waals surface area contributed by atoms with E-state index in [4.69, 9.17) is 0 Å². The fourth-order valence-electron chi connectivity index (χ4n) is 0.755. The Labute approximate surface area is 84.4 Å². The van der Waals surface area contributed by atoms with Gasteiger partial charge in [-0.2, -0.15) is 0 Å². The maximum Gasteiger partial charge on any atom is 0.325 e. The van der Waals surface area contributed by atoms with Gasteiger partial charge in [-0.3, -0.25) is 9.78 Å². The Hall–Kier alpha value is -1.10. The highest BCUT2D eigenvalue weighted by atomic mass is 79.9. The Morgan fingerprint density at radius 2 is 2.46 bits per heavy atom. The predicted molar refractivity (Wildman–Crippen MR) is 52.4 cm³/mol. The van der Waals surface area contributed by atoms with Crippen molar-refractivity contribution in [1.82, 2.24) is 4.98 Å². The first-order chi connectivity index (χ1) is 6.22. The number of rotatable bonds is 3. The standard InChI is InChI=1S/C8H9BrN2O2/c1-13-8(12)5-11-7-2-6(9)3-10-4-7/h2-4,11H,5H2,1H3. The minimum absolute atomic E-state index is 0.147. The number of nitrogens with zero attached hydrogens (tertiary/aromatic N) is 1. The van der Waals surface area contributed by atoms with Gasteiger partial charge in [0.15, 0.2) is 0 Å². The molecule has 0 bridgehead atoms. The van der Waals surface area contributed by atoms with Gasteiger partial charge in [0.1, 0.15) is 6.54 Å². The van der Waals surface area contributed by atoms with Crippen LogP contribution in [0.1, 0.15) is 0 Å². The molecule has 0 aliphatic rings. The van der Waals surface area contributed by atoms with Crippen LogP contribution in [-0.2, 0) is 9.53 Å². The number of ether oxygens (including phenoxy) is 1. The number of aromatic nitrogens is 1. The summed E-state index contributed by atoms with van der Waals surface area (Å²) in [6.45, 7) is 0.147. The number of halogens is 1. The van der Waals surface area contributed by atoms with E-state index in [0.717, 1.165) is 10.2 Å². The van der Waals surface area contributed by atoms with Crippen molar-refractivity contribution in [2.45, 2.75) is 0 Å². The molecule has 13 heavy (non-hydrogen) atoms. The van der Waals surface area contributed by atoms with Gasteiger partial charge in [-0.1, -0.05) is 0 Å². The molecule has 0 saturated carbocycles. The Balaban J connectivity index is 2.50. The van der Waals surface area contributed by atoms with Crippen LogP contribution in [0.3, 0.4) is 0 Å². The van der Waals surface area contributed by atoms with Crippen LogP contribution in [0.5, 0.6) is 0 Å². The topological polar surface area (TPSA) is 51.2 Å². The van der Waals surface area contributed by atoms with Crippen molar-refractivity contribution in [3.8, 4) is 0 Å². The number of hydrogen-bond donors (Lipinski definition) is 1. The second kappa shape index (κ2) is 4.81. The highest BCUT2D eigenvalue weighted by molar-refractivity contribution is 9.10. The average molecular weight is 245 g/mol. The smallest absolute Gasteiger partial charge is 0.325 e. The zero-order chi connectivity index (χ0) is 9.68. The zero-order valence-electron chi connectivity index (χ0n) is 7.08. The van der Waals surface area contributed by atoms with Gasteiger partial charge in [0.2, 0.25) is 0 Å². The van der Waals surface area contributed by atoms with Crippen LogP contribution < -0.4 is 5.32 Å². The van der Waals surface area contributed by atoms with Crippen LogP contribution in [0.4, 0.5) is 5.69 Å². The molecule has 0 atom stereocenters. The van der Waals surface area contributed by atoms with E-state index in [0.29, 0.717) is 0 Å². The summed E-state index contributed by atoms with van der Waals surface area (Å²) >= 11 is 3.27. The molecule has 5 heteroatoms. The maximum absolute atomic E-state index is 10.8. The summed E-state index contributed by atoms with van der Waals surface area (Å²) in [5.74, 6) is -0.306. The molecule has 1 heterocycles. The van der Waals surface area contributed by atoms with Crippen molar-refractivity contribution < 1.29 is 9.53 Å². The summed E-state index contributed by atoms with van der Waals surface area (Å²) in [6, 6.07) is 1.83. The summed E-state index contributed by atoms with van der Waals surface area (Å²) in [4.78, 5) is 14.7. The van der Waals surface area contributed by atoms with Gasteiger partial charge in [-0.25, -0.2) is 0 Å². The highest BCUT2D eigenvalue weighted by Gasteiger charge is 1.99. The van der Waals surface area contributed by atoms with Crippen molar-refractivity contribution in [2.75, 3.05) is 19.0 Å². The molecule has 4 nitrogen and oxygen atoms in total. The molecule has 0 fully saturated rings. The summed E-state index contributed by atoms with van der Waals surface area (Å²) in [7, 11) is 1.35. The van der Waals surface area contributed by atoms with Crippen LogP contribution in [0.15, 0.2) is 22.9 Å². The van der Waals surface area contributed by atoms with Gasteiger partial charge >= 0.3 is 5.97 Å². The summed E-state index contributed by atoms with van der Waals surface area (Å²) in [6.07, 6.45) is 3.30. The van der Waals surface area contributed by atoms with Crippen LogP contribution in [0, 0.1) is 0 Å². The van der Waals surface area contributed by atoms with Crippen LogP contribution in [-0.4, -0.2) is 24.6 Å². The zero-order valence-corrected chi connectivity index (χ0v) is 8.67. The SMILES string of the molecule is COC(=O)CNc1cncc(Br)c1. The first-order valence-corrected chi connectivity index (χ1v) is 4.43. The second-order valence-electron chi connectivity index (χ2n) is 2.32. The molecule has 0 radical (unpaired) electrons. The van der Waals surface area contributed by atoms with E-state index < -0.39 is 0 Å². The molecule has 0 amide bonds. The van der Waals surface area contributed by atoms with Crippen molar-refractivity contribution in [1.29, 1.82) is 0 Å². The molecular weight excluding hydrogens is 236 g/mol. The molecule has 0 aliphatic heterocycles. The van der Waals surface area contributed by atoms with Crippen LogP contribution >= 0.6 is 15.9 Å². The van der Waals surface area contributed by atoms with Crippen LogP contribution in [0.25, 0.3) is 0 Å². The van der Waals surface area contributed by atoms with E-state index in [9.17, 15) is 4.79 Å². The molecule has 1 rings (SSSR count).